The van der Waals surface area contributed by atoms with Crippen molar-refractivity contribution in [3.8, 4) is 5.75 Å². The zero-order chi connectivity index (χ0) is 22.5. The molecule has 0 amide bonds. The number of thiol groups is 1. The summed E-state index contributed by atoms with van der Waals surface area (Å²) in [6, 6.07) is 5.74. The van der Waals surface area contributed by atoms with Crippen molar-refractivity contribution in [2.24, 2.45) is 5.84 Å². The van der Waals surface area contributed by atoms with Gasteiger partial charge in [-0.2, -0.15) is 27.6 Å². The number of rotatable bonds is 6. The van der Waals surface area contributed by atoms with Crippen LogP contribution in [0.4, 0.5) is 17.6 Å². The minimum atomic E-state index is 0.214. The second kappa shape index (κ2) is 10.9. The monoisotopic (exact) mass is 476 g/mol. The molecule has 0 bridgehead atoms. The molecule has 2 saturated carbocycles. The zero-order valence-electron chi connectivity index (χ0n) is 18.6. The van der Waals surface area contributed by atoms with E-state index in [0.29, 0.717) is 33.8 Å². The number of methoxy groups -OCH3 is 1. The molecule has 0 aliphatic heterocycles. The summed E-state index contributed by atoms with van der Waals surface area (Å²) in [5.74, 6) is 9.38. The largest absolute Gasteiger partial charge is 0.495 e. The van der Waals surface area contributed by atoms with Gasteiger partial charge in [-0.3, -0.25) is 5.01 Å². The summed E-state index contributed by atoms with van der Waals surface area (Å²) in [4.78, 5) is 14.3. The van der Waals surface area contributed by atoms with Crippen molar-refractivity contribution >= 4 is 41.8 Å². The van der Waals surface area contributed by atoms with Crippen LogP contribution in [0.25, 0.3) is 0 Å². The first-order valence-corrected chi connectivity index (χ1v) is 12.5. The highest BCUT2D eigenvalue weighted by atomic mass is 35.5. The number of benzene rings is 1. The van der Waals surface area contributed by atoms with Crippen molar-refractivity contribution in [2.45, 2.75) is 81.4 Å². The predicted molar refractivity (Wildman–Crippen MR) is 133 cm³/mol. The summed E-state index contributed by atoms with van der Waals surface area (Å²) in [7, 11) is 1.60. The standard InChI is InChI=1S/C23H33ClN6OS/c1-31-20-13-8-16(14-19(20)24)26-22-27-21(15-6-4-2-3-5-7-15)28-23(29-22)30(25)17-9-11-18(32)12-10-17/h8,13-15,17-18,32H,2-7,9-12,25H2,1H3,(H,26,27,28,29). The van der Waals surface area contributed by atoms with E-state index in [-0.39, 0.29) is 6.04 Å². The summed E-state index contributed by atoms with van der Waals surface area (Å²) in [6.45, 7) is 0. The molecule has 0 atom stereocenters. The summed E-state index contributed by atoms with van der Waals surface area (Å²) in [5.41, 5.74) is 0.791. The van der Waals surface area contributed by atoms with Gasteiger partial charge in [-0.25, -0.2) is 5.84 Å². The molecule has 174 valence electrons. The molecule has 2 fully saturated rings. The van der Waals surface area contributed by atoms with E-state index in [9.17, 15) is 0 Å². The number of nitrogens with one attached hydrogen (secondary N) is 1. The predicted octanol–water partition coefficient (Wildman–Crippen LogP) is 5.64. The van der Waals surface area contributed by atoms with Crippen molar-refractivity contribution in [1.82, 2.24) is 15.0 Å². The first kappa shape index (κ1) is 23.4. The molecule has 1 aromatic carbocycles. The molecule has 0 saturated heterocycles. The van der Waals surface area contributed by atoms with E-state index in [1.165, 1.54) is 25.7 Å². The third-order valence-electron chi connectivity index (χ3n) is 6.56. The fourth-order valence-electron chi connectivity index (χ4n) is 4.65. The molecule has 4 rings (SSSR count). The minimum absolute atomic E-state index is 0.214. The maximum Gasteiger partial charge on any atom is 0.245 e. The van der Waals surface area contributed by atoms with Gasteiger partial charge in [0.15, 0.2) is 0 Å². The van der Waals surface area contributed by atoms with Gasteiger partial charge in [0, 0.05) is 22.9 Å². The average molecular weight is 477 g/mol. The number of nitrogens with two attached hydrogens (primary N) is 1. The van der Waals surface area contributed by atoms with E-state index < -0.39 is 0 Å². The Kier molecular flexibility index (Phi) is 7.97. The van der Waals surface area contributed by atoms with Crippen molar-refractivity contribution in [3.63, 3.8) is 0 Å². The van der Waals surface area contributed by atoms with Crippen LogP contribution in [-0.2, 0) is 0 Å². The van der Waals surface area contributed by atoms with Crippen molar-refractivity contribution in [3.05, 3.63) is 29.0 Å². The summed E-state index contributed by atoms with van der Waals surface area (Å²) in [6.07, 6.45) is 11.3. The fourth-order valence-corrected chi connectivity index (χ4v) is 5.20. The number of nitrogens with zero attached hydrogens (tertiary/aromatic N) is 4. The van der Waals surface area contributed by atoms with Crippen molar-refractivity contribution in [2.75, 3.05) is 17.4 Å². The van der Waals surface area contributed by atoms with Gasteiger partial charge in [-0.1, -0.05) is 37.3 Å². The lowest BCUT2D eigenvalue weighted by molar-refractivity contribution is 0.415. The lowest BCUT2D eigenvalue weighted by Gasteiger charge is -2.33. The molecule has 0 radical (unpaired) electrons. The van der Waals surface area contributed by atoms with Crippen molar-refractivity contribution < 1.29 is 4.74 Å². The van der Waals surface area contributed by atoms with Gasteiger partial charge in [-0.05, 0) is 56.7 Å². The second-order valence-corrected chi connectivity index (χ2v) is 9.99. The third-order valence-corrected chi connectivity index (χ3v) is 7.37. The fraction of sp³-hybridized carbons (Fsp3) is 0.609. The Bertz CT molecular complexity index is 900. The normalized spacial score (nSPS) is 22.2. The maximum absolute atomic E-state index is 6.56. The molecule has 0 spiro atoms. The summed E-state index contributed by atoms with van der Waals surface area (Å²) in [5, 5.41) is 6.03. The minimum Gasteiger partial charge on any atom is -0.495 e. The molecule has 32 heavy (non-hydrogen) atoms. The number of anilines is 3. The Labute approximate surface area is 200 Å². The van der Waals surface area contributed by atoms with Crippen LogP contribution < -0.4 is 20.9 Å². The van der Waals surface area contributed by atoms with E-state index in [1.807, 2.05) is 18.2 Å². The number of halogens is 1. The lowest BCUT2D eigenvalue weighted by Crippen LogP contribution is -2.44. The number of ether oxygens (including phenoxy) is 1. The van der Waals surface area contributed by atoms with Crippen LogP contribution in [0.1, 0.15) is 76.0 Å². The highest BCUT2D eigenvalue weighted by Crippen LogP contribution is 2.33. The van der Waals surface area contributed by atoms with Gasteiger partial charge in [0.1, 0.15) is 11.6 Å². The average Bonchev–Trinajstić information content (AvgIpc) is 3.09. The Morgan fingerprint density at radius 3 is 2.41 bits per heavy atom. The molecule has 2 aromatic rings. The van der Waals surface area contributed by atoms with Gasteiger partial charge >= 0.3 is 0 Å². The highest BCUT2D eigenvalue weighted by molar-refractivity contribution is 7.80. The molecule has 9 heteroatoms. The molecular formula is C23H33ClN6OS. The molecule has 2 aliphatic rings. The van der Waals surface area contributed by atoms with E-state index in [2.05, 4.69) is 22.9 Å². The summed E-state index contributed by atoms with van der Waals surface area (Å²) < 4.78 is 5.26. The van der Waals surface area contributed by atoms with Crippen LogP contribution in [0.5, 0.6) is 5.75 Å². The van der Waals surface area contributed by atoms with Gasteiger partial charge in [0.25, 0.3) is 0 Å². The molecule has 2 aliphatic carbocycles. The first-order valence-electron chi connectivity index (χ1n) is 11.6. The van der Waals surface area contributed by atoms with Crippen LogP contribution in [0, 0.1) is 0 Å². The molecule has 1 heterocycles. The third kappa shape index (κ3) is 5.77. The zero-order valence-corrected chi connectivity index (χ0v) is 20.3. The topological polar surface area (TPSA) is 89.2 Å². The van der Waals surface area contributed by atoms with Crippen molar-refractivity contribution in [1.29, 1.82) is 0 Å². The van der Waals surface area contributed by atoms with E-state index in [4.69, 9.17) is 32.1 Å². The quantitative estimate of drug-likeness (QED) is 0.215. The number of hydrogen-bond donors (Lipinski definition) is 3. The maximum atomic E-state index is 6.56. The van der Waals surface area contributed by atoms with Crippen LogP contribution in [0.2, 0.25) is 5.02 Å². The highest BCUT2D eigenvalue weighted by Gasteiger charge is 2.27. The Morgan fingerprint density at radius 1 is 1.03 bits per heavy atom. The van der Waals surface area contributed by atoms with E-state index in [0.717, 1.165) is 50.0 Å². The lowest BCUT2D eigenvalue weighted by atomic mass is 9.94. The van der Waals surface area contributed by atoms with Crippen LogP contribution in [0.3, 0.4) is 0 Å². The molecule has 7 nitrogen and oxygen atoms in total. The van der Waals surface area contributed by atoms with Crippen LogP contribution in [0.15, 0.2) is 18.2 Å². The number of hydrogen-bond acceptors (Lipinski definition) is 8. The number of aromatic nitrogens is 3. The Balaban J connectivity index is 1.62. The van der Waals surface area contributed by atoms with Gasteiger partial charge in [0.2, 0.25) is 11.9 Å². The van der Waals surface area contributed by atoms with Crippen LogP contribution >= 0.6 is 24.2 Å². The first-order chi connectivity index (χ1) is 15.5. The van der Waals surface area contributed by atoms with E-state index >= 15 is 0 Å². The molecule has 3 N–H and O–H groups in total. The van der Waals surface area contributed by atoms with Gasteiger partial charge in [0.05, 0.1) is 12.1 Å². The Morgan fingerprint density at radius 2 is 1.75 bits per heavy atom. The van der Waals surface area contributed by atoms with Crippen LogP contribution in [-0.4, -0.2) is 33.4 Å². The molecular weight excluding hydrogens is 444 g/mol. The Hall–Kier alpha value is -1.77. The summed E-state index contributed by atoms with van der Waals surface area (Å²) >= 11 is 10.9. The van der Waals surface area contributed by atoms with E-state index in [1.54, 1.807) is 12.1 Å². The molecule has 0 unspecified atom stereocenters. The molecule has 1 aromatic heterocycles. The van der Waals surface area contributed by atoms with Gasteiger partial charge in [-0.15, -0.1) is 0 Å². The smallest absolute Gasteiger partial charge is 0.245 e. The second-order valence-electron chi connectivity index (χ2n) is 8.85. The number of hydrazine groups is 1. The van der Waals surface area contributed by atoms with Gasteiger partial charge < -0.3 is 10.1 Å². The SMILES string of the molecule is COc1ccc(Nc2nc(C3CCCCCC3)nc(N(N)C3CCC(S)CC3)n2)cc1Cl.